The summed E-state index contributed by atoms with van der Waals surface area (Å²) >= 11 is 0. The highest BCUT2D eigenvalue weighted by atomic mass is 16.3. The standard InChI is InChI=1S/C16H19N3O2/c1-19(11-12(20)10-17)15-8-3-2-6-13(15)16(21)14-7-4-5-9-18-14/h2-9,12,20H,10-11,17H2,1H3. The van der Waals surface area contributed by atoms with Crippen molar-refractivity contribution in [1.82, 2.24) is 4.98 Å². The molecular formula is C16H19N3O2. The number of benzene rings is 1. The quantitative estimate of drug-likeness (QED) is 0.776. The van der Waals surface area contributed by atoms with E-state index in [2.05, 4.69) is 4.98 Å². The number of nitrogens with two attached hydrogens (primary N) is 1. The number of ketones is 1. The fourth-order valence-corrected chi connectivity index (χ4v) is 2.12. The van der Waals surface area contributed by atoms with E-state index in [1.807, 2.05) is 30.1 Å². The maximum absolute atomic E-state index is 12.6. The van der Waals surface area contributed by atoms with Crippen LogP contribution in [0.4, 0.5) is 5.69 Å². The second kappa shape index (κ2) is 6.97. The minimum atomic E-state index is -0.631. The Morgan fingerprint density at radius 3 is 2.67 bits per heavy atom. The molecule has 1 aromatic heterocycles. The number of aliphatic hydroxyl groups excluding tert-OH is 1. The van der Waals surface area contributed by atoms with Crippen molar-refractivity contribution in [3.8, 4) is 0 Å². The van der Waals surface area contributed by atoms with Gasteiger partial charge in [-0.3, -0.25) is 9.78 Å². The van der Waals surface area contributed by atoms with Crippen molar-refractivity contribution in [2.75, 3.05) is 25.0 Å². The number of rotatable bonds is 6. The molecule has 1 heterocycles. The van der Waals surface area contributed by atoms with Crippen molar-refractivity contribution >= 4 is 11.5 Å². The molecular weight excluding hydrogens is 266 g/mol. The Kier molecular flexibility index (Phi) is 5.03. The molecule has 1 atom stereocenters. The van der Waals surface area contributed by atoms with Crippen LogP contribution in [0.25, 0.3) is 0 Å². The van der Waals surface area contributed by atoms with Gasteiger partial charge in [-0.25, -0.2) is 0 Å². The van der Waals surface area contributed by atoms with Gasteiger partial charge >= 0.3 is 0 Å². The molecule has 0 aliphatic heterocycles. The Balaban J connectivity index is 2.31. The first-order chi connectivity index (χ1) is 10.1. The Morgan fingerprint density at radius 2 is 2.00 bits per heavy atom. The van der Waals surface area contributed by atoms with Crippen molar-refractivity contribution < 1.29 is 9.90 Å². The average molecular weight is 285 g/mol. The Bertz CT molecular complexity index is 601. The molecule has 0 aliphatic rings. The summed E-state index contributed by atoms with van der Waals surface area (Å²) in [7, 11) is 1.82. The van der Waals surface area contributed by atoms with Crippen LogP contribution >= 0.6 is 0 Å². The molecule has 21 heavy (non-hydrogen) atoms. The van der Waals surface area contributed by atoms with E-state index in [0.29, 0.717) is 17.8 Å². The molecule has 0 saturated heterocycles. The SMILES string of the molecule is CN(CC(O)CN)c1ccccc1C(=O)c1ccccn1. The topological polar surface area (TPSA) is 79.5 Å². The summed E-state index contributed by atoms with van der Waals surface area (Å²) in [6.45, 7) is 0.545. The van der Waals surface area contributed by atoms with E-state index < -0.39 is 6.10 Å². The van der Waals surface area contributed by atoms with Gasteiger partial charge in [-0.1, -0.05) is 18.2 Å². The second-order valence-corrected chi connectivity index (χ2v) is 4.83. The van der Waals surface area contributed by atoms with Crippen LogP contribution < -0.4 is 10.6 Å². The molecule has 0 spiro atoms. The summed E-state index contributed by atoms with van der Waals surface area (Å²) < 4.78 is 0. The number of pyridine rings is 1. The lowest BCUT2D eigenvalue weighted by atomic mass is 10.0. The number of likely N-dealkylation sites (N-methyl/N-ethyl adjacent to an activating group) is 1. The van der Waals surface area contributed by atoms with E-state index in [4.69, 9.17) is 5.73 Å². The van der Waals surface area contributed by atoms with Crippen molar-refractivity contribution in [3.05, 3.63) is 59.9 Å². The molecule has 5 heteroatoms. The summed E-state index contributed by atoms with van der Waals surface area (Å²) in [6.07, 6.45) is 0.964. The van der Waals surface area contributed by atoms with Crippen LogP contribution in [-0.4, -0.2) is 42.1 Å². The van der Waals surface area contributed by atoms with Crippen LogP contribution in [0.3, 0.4) is 0 Å². The van der Waals surface area contributed by atoms with Crippen LogP contribution in [0.5, 0.6) is 0 Å². The highest BCUT2D eigenvalue weighted by molar-refractivity contribution is 6.11. The molecule has 1 unspecified atom stereocenters. The predicted molar refractivity (Wildman–Crippen MR) is 82.4 cm³/mol. The molecule has 2 aromatic rings. The lowest BCUT2D eigenvalue weighted by Crippen LogP contribution is -2.34. The van der Waals surface area contributed by atoms with E-state index in [9.17, 15) is 9.90 Å². The number of carbonyl (C=O) groups excluding carboxylic acids is 1. The van der Waals surface area contributed by atoms with Gasteiger partial charge in [0.1, 0.15) is 5.69 Å². The van der Waals surface area contributed by atoms with Gasteiger partial charge in [0.05, 0.1) is 6.10 Å². The number of anilines is 1. The van der Waals surface area contributed by atoms with Crippen molar-refractivity contribution in [3.63, 3.8) is 0 Å². The number of nitrogens with zero attached hydrogens (tertiary/aromatic N) is 2. The van der Waals surface area contributed by atoms with Gasteiger partial charge in [-0.2, -0.15) is 0 Å². The van der Waals surface area contributed by atoms with Crippen molar-refractivity contribution in [2.24, 2.45) is 5.73 Å². The third-order valence-electron chi connectivity index (χ3n) is 3.21. The monoisotopic (exact) mass is 285 g/mol. The Morgan fingerprint density at radius 1 is 1.29 bits per heavy atom. The van der Waals surface area contributed by atoms with Gasteiger partial charge in [0.2, 0.25) is 5.78 Å². The second-order valence-electron chi connectivity index (χ2n) is 4.83. The summed E-state index contributed by atoms with van der Waals surface area (Å²) in [5.41, 5.74) is 7.14. The zero-order valence-corrected chi connectivity index (χ0v) is 11.9. The lowest BCUT2D eigenvalue weighted by molar-refractivity contribution is 0.103. The molecule has 1 aromatic carbocycles. The van der Waals surface area contributed by atoms with Crippen LogP contribution in [-0.2, 0) is 0 Å². The first-order valence-corrected chi connectivity index (χ1v) is 6.77. The van der Waals surface area contributed by atoms with Gasteiger partial charge < -0.3 is 15.7 Å². The third-order valence-corrected chi connectivity index (χ3v) is 3.21. The first kappa shape index (κ1) is 15.2. The Hall–Kier alpha value is -2.24. The number of carbonyl (C=O) groups is 1. The minimum absolute atomic E-state index is 0.139. The fraction of sp³-hybridized carbons (Fsp3) is 0.250. The molecule has 0 aliphatic carbocycles. The van der Waals surface area contributed by atoms with Crippen molar-refractivity contribution in [2.45, 2.75) is 6.10 Å². The summed E-state index contributed by atoms with van der Waals surface area (Å²) in [4.78, 5) is 18.5. The summed E-state index contributed by atoms with van der Waals surface area (Å²) in [5.74, 6) is -0.139. The first-order valence-electron chi connectivity index (χ1n) is 6.77. The molecule has 0 fully saturated rings. The van der Waals surface area contributed by atoms with E-state index in [1.54, 1.807) is 30.5 Å². The predicted octanol–water partition coefficient (Wildman–Crippen LogP) is 1.07. The number of hydrogen-bond acceptors (Lipinski definition) is 5. The van der Waals surface area contributed by atoms with Gasteiger partial charge in [0.15, 0.2) is 0 Å². The third kappa shape index (κ3) is 3.65. The molecule has 2 rings (SSSR count). The number of hydrogen-bond donors (Lipinski definition) is 2. The van der Waals surface area contributed by atoms with Gasteiger partial charge in [-0.05, 0) is 24.3 Å². The normalized spacial score (nSPS) is 12.0. The molecule has 0 bridgehead atoms. The van der Waals surface area contributed by atoms with Crippen molar-refractivity contribution in [1.29, 1.82) is 0 Å². The lowest BCUT2D eigenvalue weighted by Gasteiger charge is -2.24. The molecule has 0 saturated carbocycles. The summed E-state index contributed by atoms with van der Waals surface area (Å²) in [5, 5.41) is 9.67. The largest absolute Gasteiger partial charge is 0.390 e. The maximum Gasteiger partial charge on any atom is 0.213 e. The van der Waals surface area contributed by atoms with Crippen LogP contribution in [0, 0.1) is 0 Å². The molecule has 0 amide bonds. The maximum atomic E-state index is 12.6. The zero-order chi connectivity index (χ0) is 15.2. The number of aromatic nitrogens is 1. The van der Waals surface area contributed by atoms with E-state index in [0.717, 1.165) is 5.69 Å². The number of aliphatic hydroxyl groups is 1. The zero-order valence-electron chi connectivity index (χ0n) is 11.9. The molecule has 110 valence electrons. The van der Waals surface area contributed by atoms with E-state index in [-0.39, 0.29) is 12.3 Å². The van der Waals surface area contributed by atoms with Crippen LogP contribution in [0.15, 0.2) is 48.7 Å². The smallest absolute Gasteiger partial charge is 0.213 e. The average Bonchev–Trinajstić information content (AvgIpc) is 2.54. The highest BCUT2D eigenvalue weighted by Crippen LogP contribution is 2.21. The van der Waals surface area contributed by atoms with Gasteiger partial charge in [-0.15, -0.1) is 0 Å². The van der Waals surface area contributed by atoms with Crippen LogP contribution in [0.1, 0.15) is 16.1 Å². The summed E-state index contributed by atoms with van der Waals surface area (Å²) in [6, 6.07) is 12.5. The van der Waals surface area contributed by atoms with Crippen LogP contribution in [0.2, 0.25) is 0 Å². The highest BCUT2D eigenvalue weighted by Gasteiger charge is 2.17. The van der Waals surface area contributed by atoms with Gasteiger partial charge in [0, 0.05) is 37.6 Å². The molecule has 5 nitrogen and oxygen atoms in total. The van der Waals surface area contributed by atoms with E-state index >= 15 is 0 Å². The molecule has 0 radical (unpaired) electrons. The van der Waals surface area contributed by atoms with E-state index in [1.165, 1.54) is 0 Å². The molecule has 3 N–H and O–H groups in total. The fourth-order valence-electron chi connectivity index (χ4n) is 2.12. The number of para-hydroxylation sites is 1. The Labute approximate surface area is 124 Å². The minimum Gasteiger partial charge on any atom is -0.390 e. The van der Waals surface area contributed by atoms with Gasteiger partial charge in [0.25, 0.3) is 0 Å².